The van der Waals surface area contributed by atoms with Gasteiger partial charge in [0.25, 0.3) is 5.69 Å². The molecule has 0 bridgehead atoms. The first-order chi connectivity index (χ1) is 6.74. The average molecular weight is 207 g/mol. The molecule has 0 aliphatic rings. The predicted molar refractivity (Wildman–Crippen MR) is 58.1 cm³/mol. The third kappa shape index (κ3) is 3.11. The summed E-state index contributed by atoms with van der Waals surface area (Å²) in [6, 6.07) is 6.23. The van der Waals surface area contributed by atoms with Crippen LogP contribution < -0.4 is 0 Å². The molecule has 0 unspecified atom stereocenters. The fourth-order valence-electron chi connectivity index (χ4n) is 0.834. The lowest BCUT2D eigenvalue weighted by Gasteiger charge is -1.90. The van der Waals surface area contributed by atoms with Gasteiger partial charge in [-0.2, -0.15) is 0 Å². The minimum atomic E-state index is -0.419. The van der Waals surface area contributed by atoms with E-state index in [1.165, 1.54) is 23.9 Å². The second kappa shape index (κ2) is 5.30. The smallest absolute Gasteiger partial charge is 0.258 e. The van der Waals surface area contributed by atoms with Crippen LogP contribution in [0.1, 0.15) is 12.5 Å². The Morgan fingerprint density at radius 3 is 2.57 bits per heavy atom. The van der Waals surface area contributed by atoms with Crippen LogP contribution in [0.2, 0.25) is 0 Å². The first-order valence-corrected chi connectivity index (χ1v) is 5.10. The Balaban J connectivity index is 2.75. The molecule has 0 fully saturated rings. The van der Waals surface area contributed by atoms with E-state index in [-0.39, 0.29) is 5.69 Å². The Bertz CT molecular complexity index is 375. The van der Waals surface area contributed by atoms with Crippen molar-refractivity contribution in [2.75, 3.05) is 5.75 Å². The van der Waals surface area contributed by atoms with E-state index >= 15 is 0 Å². The molecule has 14 heavy (non-hydrogen) atoms. The van der Waals surface area contributed by atoms with Crippen LogP contribution in [-0.4, -0.2) is 10.7 Å². The lowest BCUT2D eigenvalue weighted by Crippen LogP contribution is -1.86. The van der Waals surface area contributed by atoms with Gasteiger partial charge in [-0.05, 0) is 17.4 Å². The molecule has 0 aliphatic carbocycles. The molecule has 0 spiro atoms. The average Bonchev–Trinajstić information content (AvgIpc) is 2.19. The summed E-state index contributed by atoms with van der Waals surface area (Å²) in [5, 5.41) is 13.2. The molecule has 1 aromatic carbocycles. The first-order valence-electron chi connectivity index (χ1n) is 4.11. The van der Waals surface area contributed by atoms with Crippen molar-refractivity contribution < 1.29 is 4.92 Å². The maximum absolute atomic E-state index is 10.3. The van der Waals surface area contributed by atoms with Crippen LogP contribution in [0.3, 0.4) is 0 Å². The van der Waals surface area contributed by atoms with Crippen LogP contribution >= 0.6 is 11.8 Å². The molecule has 0 saturated heterocycles. The summed E-state index contributed by atoms with van der Waals surface area (Å²) in [6.07, 6.45) is 0. The highest BCUT2D eigenvalue weighted by molar-refractivity contribution is 8.03. The van der Waals surface area contributed by atoms with E-state index in [1.807, 2.05) is 6.92 Å². The van der Waals surface area contributed by atoms with Gasteiger partial charge in [0, 0.05) is 23.4 Å². The highest BCUT2D eigenvalue weighted by Crippen LogP contribution is 2.11. The monoisotopic (exact) mass is 207 g/mol. The zero-order valence-electron chi connectivity index (χ0n) is 7.69. The Morgan fingerprint density at radius 2 is 2.07 bits per heavy atom. The van der Waals surface area contributed by atoms with Gasteiger partial charge in [0.2, 0.25) is 0 Å². The minimum Gasteiger partial charge on any atom is -0.258 e. The summed E-state index contributed by atoms with van der Waals surface area (Å²) in [7, 11) is 0. The highest BCUT2D eigenvalue weighted by atomic mass is 32.2. The second-order valence-corrected chi connectivity index (χ2v) is 3.53. The summed E-state index contributed by atoms with van der Waals surface area (Å²) >= 11 is 1.52. The van der Waals surface area contributed by atoms with E-state index in [0.717, 1.165) is 11.3 Å². The van der Waals surface area contributed by atoms with Gasteiger partial charge in [-0.15, -0.1) is 0 Å². The van der Waals surface area contributed by atoms with Crippen molar-refractivity contribution in [1.29, 1.82) is 0 Å². The number of nitro benzene ring substituents is 1. The van der Waals surface area contributed by atoms with E-state index in [9.17, 15) is 10.1 Å². The van der Waals surface area contributed by atoms with Gasteiger partial charge in [-0.1, -0.05) is 24.6 Å². The number of non-ortho nitro benzene ring substituents is 1. The van der Waals surface area contributed by atoms with Crippen LogP contribution in [0.4, 0.5) is 5.69 Å². The largest absolute Gasteiger partial charge is 0.269 e. The molecule has 0 saturated carbocycles. The molecule has 0 aromatic heterocycles. The topological polar surface area (TPSA) is 43.1 Å². The Morgan fingerprint density at radius 1 is 1.43 bits per heavy atom. The first kappa shape index (κ1) is 10.6. The van der Waals surface area contributed by atoms with Gasteiger partial charge in [0.15, 0.2) is 0 Å². The summed E-state index contributed by atoms with van der Waals surface area (Å²) in [4.78, 5) is 9.92. The van der Waals surface area contributed by atoms with Crippen LogP contribution in [-0.2, 0) is 0 Å². The minimum absolute atomic E-state index is 0.0960. The van der Waals surface area contributed by atoms with Gasteiger partial charge in [-0.3, -0.25) is 10.1 Å². The molecule has 1 rings (SSSR count). The van der Waals surface area contributed by atoms with Crippen molar-refractivity contribution in [2.45, 2.75) is 6.92 Å². The number of nitro groups is 1. The van der Waals surface area contributed by atoms with Crippen molar-refractivity contribution in [1.82, 2.24) is 0 Å². The van der Waals surface area contributed by atoms with Gasteiger partial charge in [0.05, 0.1) is 4.92 Å². The molecule has 0 atom stereocenters. The number of hydrogen-bond acceptors (Lipinski definition) is 3. The van der Waals surface area contributed by atoms with Gasteiger partial charge in [-0.25, -0.2) is 0 Å². The molecule has 72 valence electrons. The van der Waals surface area contributed by atoms with Crippen molar-refractivity contribution in [3.05, 3.63) is 39.9 Å². The maximum Gasteiger partial charge on any atom is 0.269 e. The SMILES string of the molecule is CCSC#Cc1ccc([N+](=O)[O-])cc1. The summed E-state index contributed by atoms with van der Waals surface area (Å²) in [5.41, 5.74) is 0.898. The fourth-order valence-corrected chi connectivity index (χ4v) is 1.17. The van der Waals surface area contributed by atoms with E-state index < -0.39 is 4.92 Å². The van der Waals surface area contributed by atoms with Crippen molar-refractivity contribution in [2.24, 2.45) is 0 Å². The number of thioether (sulfide) groups is 1. The third-order valence-corrected chi connectivity index (χ3v) is 2.03. The lowest BCUT2D eigenvalue weighted by molar-refractivity contribution is -0.384. The zero-order chi connectivity index (χ0) is 10.4. The molecule has 3 nitrogen and oxygen atoms in total. The number of hydrogen-bond donors (Lipinski definition) is 0. The molecule has 0 heterocycles. The molecule has 0 amide bonds. The highest BCUT2D eigenvalue weighted by Gasteiger charge is 2.01. The predicted octanol–water partition coefficient (Wildman–Crippen LogP) is 2.66. The molecular weight excluding hydrogens is 198 g/mol. The van der Waals surface area contributed by atoms with Crippen LogP contribution in [0.5, 0.6) is 0 Å². The Hall–Kier alpha value is -1.47. The summed E-state index contributed by atoms with van der Waals surface area (Å²) in [6.45, 7) is 2.02. The Kier molecular flexibility index (Phi) is 4.02. The normalized spacial score (nSPS) is 8.93. The van der Waals surface area contributed by atoms with Crippen molar-refractivity contribution in [3.63, 3.8) is 0 Å². The van der Waals surface area contributed by atoms with E-state index in [2.05, 4.69) is 11.2 Å². The van der Waals surface area contributed by atoms with E-state index in [4.69, 9.17) is 0 Å². The van der Waals surface area contributed by atoms with Crippen LogP contribution in [0, 0.1) is 21.3 Å². The fraction of sp³-hybridized carbons (Fsp3) is 0.200. The van der Waals surface area contributed by atoms with Crippen LogP contribution in [0.25, 0.3) is 0 Å². The quantitative estimate of drug-likeness (QED) is 0.425. The van der Waals surface area contributed by atoms with Crippen molar-refractivity contribution in [3.8, 4) is 11.2 Å². The Labute approximate surface area is 86.7 Å². The molecule has 0 radical (unpaired) electrons. The molecule has 0 aliphatic heterocycles. The standard InChI is InChI=1S/C10H9NO2S/c1-2-14-8-7-9-3-5-10(6-4-9)11(12)13/h3-6H,2H2,1H3. The molecule has 0 N–H and O–H groups in total. The van der Waals surface area contributed by atoms with Gasteiger partial charge >= 0.3 is 0 Å². The van der Waals surface area contributed by atoms with Crippen molar-refractivity contribution >= 4 is 17.4 Å². The summed E-state index contributed by atoms with van der Waals surface area (Å²) in [5.74, 6) is 3.85. The molecule has 1 aromatic rings. The number of rotatable bonds is 2. The van der Waals surface area contributed by atoms with Gasteiger partial charge < -0.3 is 0 Å². The summed E-state index contributed by atoms with van der Waals surface area (Å²) < 4.78 is 0. The van der Waals surface area contributed by atoms with E-state index in [0.29, 0.717) is 0 Å². The van der Waals surface area contributed by atoms with Gasteiger partial charge in [0.1, 0.15) is 0 Å². The molecular formula is C10H9NO2S. The van der Waals surface area contributed by atoms with E-state index in [1.54, 1.807) is 12.1 Å². The third-order valence-electron chi connectivity index (χ3n) is 1.49. The number of nitrogens with zero attached hydrogens (tertiary/aromatic N) is 1. The number of benzene rings is 1. The second-order valence-electron chi connectivity index (χ2n) is 2.46. The molecule has 4 heteroatoms. The zero-order valence-corrected chi connectivity index (χ0v) is 8.50. The maximum atomic E-state index is 10.3. The lowest BCUT2D eigenvalue weighted by atomic mass is 10.2. The van der Waals surface area contributed by atoms with Crippen LogP contribution in [0.15, 0.2) is 24.3 Å².